The summed E-state index contributed by atoms with van der Waals surface area (Å²) in [5.41, 5.74) is 34.8. The highest BCUT2D eigenvalue weighted by Crippen LogP contribution is 2.16. The van der Waals surface area contributed by atoms with Gasteiger partial charge in [-0.3, -0.25) is 52.7 Å². The number of carboxylic acids is 3. The number of hydrogen-bond donors (Lipinski definition) is 17. The van der Waals surface area contributed by atoms with E-state index < -0.39 is 150 Å². The quantitative estimate of drug-likeness (QED) is 0.0325. The molecule has 23 N–H and O–H groups in total. The molecule has 0 unspecified atom stereocenters. The zero-order valence-electron chi connectivity index (χ0n) is 50.7. The first-order valence-electron chi connectivity index (χ1n) is 29.7. The third-order valence-electron chi connectivity index (χ3n) is 14.1. The first kappa shape index (κ1) is 78.7. The number of benzene rings is 1. The number of unbranched alkanes of at least 4 members (excludes halogenated alkanes) is 4. The summed E-state index contributed by atoms with van der Waals surface area (Å²) in [6.07, 6.45) is 2.95. The van der Waals surface area contributed by atoms with Crippen molar-refractivity contribution in [2.75, 3.05) is 26.2 Å². The van der Waals surface area contributed by atoms with Crippen LogP contribution in [0.1, 0.15) is 156 Å². The Labute approximate surface area is 504 Å². The second-order valence-electron chi connectivity index (χ2n) is 21.3. The zero-order valence-corrected chi connectivity index (χ0v) is 50.7. The molecule has 86 heavy (non-hydrogen) atoms. The van der Waals surface area contributed by atoms with E-state index in [1.165, 1.54) is 0 Å². The standard InChI is InChI=1S/C55H96N14O13.C2H4O2/c1-5-33(3)45(69-51(77)40(25-27-44(71)72)65-54(80)46(34(4)6-2)68-50(76)39(24-26-43(61)70)62-47(73)36(60)20-10-14-28-56)53(79)64-38(22-12-16-30-58)48(74)63-37(21-11-15-29-57)49(75)67-42(32-35-18-8-7-9-19-35)52(78)66-41(55(81)82)23-13-17-31-59;1-2(3)4/h7-9,18-19,33-34,36-42,45-46H,5-6,10-17,20-32,56-60H2,1-4H3,(H2,61,70)(H,62,73)(H,63,74)(H,64,79)(H,65,80)(H,66,78)(H,67,75)(H,68,76)(H,69,77)(H,71,72)(H,81,82);1H3,(H,3,4)/t33-,34-,36-,37-,38-,39-,40-,41-,42-,45-,46-;/m0./s1. The molecular formula is C57H100N14O15. The van der Waals surface area contributed by atoms with Crippen molar-refractivity contribution in [1.82, 2.24) is 42.5 Å². The topological polar surface area (TPSA) is 518 Å². The Morgan fingerprint density at radius 2 is 0.756 bits per heavy atom. The van der Waals surface area contributed by atoms with Gasteiger partial charge in [0.25, 0.3) is 5.97 Å². The molecule has 0 aliphatic rings. The fourth-order valence-electron chi connectivity index (χ4n) is 8.59. The summed E-state index contributed by atoms with van der Waals surface area (Å²) in [5.74, 6) is -12.1. The summed E-state index contributed by atoms with van der Waals surface area (Å²) in [6.45, 7) is 9.02. The molecular weight excluding hydrogens is 1120 g/mol. The van der Waals surface area contributed by atoms with E-state index in [0.717, 1.165) is 6.92 Å². The van der Waals surface area contributed by atoms with Crippen LogP contribution in [0.4, 0.5) is 0 Å². The molecule has 488 valence electrons. The van der Waals surface area contributed by atoms with Gasteiger partial charge in [-0.05, 0) is 127 Å². The van der Waals surface area contributed by atoms with Gasteiger partial charge in [-0.1, -0.05) is 77.3 Å². The van der Waals surface area contributed by atoms with Crippen LogP contribution in [0.25, 0.3) is 0 Å². The summed E-state index contributed by atoms with van der Waals surface area (Å²) in [5, 5.41) is 48.1. The number of nitrogens with two attached hydrogens (primary N) is 6. The van der Waals surface area contributed by atoms with Crippen LogP contribution >= 0.6 is 0 Å². The normalized spacial score (nSPS) is 14.8. The van der Waals surface area contributed by atoms with Gasteiger partial charge in [0.2, 0.25) is 53.2 Å². The van der Waals surface area contributed by atoms with Crippen LogP contribution in [0.3, 0.4) is 0 Å². The number of nitrogens with one attached hydrogen (secondary N) is 8. The van der Waals surface area contributed by atoms with E-state index in [4.69, 9.17) is 44.3 Å². The van der Waals surface area contributed by atoms with Gasteiger partial charge in [0.1, 0.15) is 48.3 Å². The molecule has 0 saturated carbocycles. The van der Waals surface area contributed by atoms with E-state index in [2.05, 4.69) is 42.5 Å². The average Bonchev–Trinajstić information content (AvgIpc) is 2.59. The predicted octanol–water partition coefficient (Wildman–Crippen LogP) is -1.65. The van der Waals surface area contributed by atoms with Gasteiger partial charge in [0.15, 0.2) is 0 Å². The number of amides is 9. The molecule has 1 aromatic rings. The lowest BCUT2D eigenvalue weighted by Crippen LogP contribution is -2.62. The number of hydrogen-bond acceptors (Lipinski definition) is 17. The van der Waals surface area contributed by atoms with E-state index in [9.17, 15) is 63.0 Å². The number of rotatable bonds is 45. The van der Waals surface area contributed by atoms with Crippen molar-refractivity contribution in [2.45, 2.75) is 211 Å². The van der Waals surface area contributed by atoms with E-state index in [-0.39, 0.29) is 58.0 Å². The van der Waals surface area contributed by atoms with Gasteiger partial charge in [0, 0.05) is 26.2 Å². The summed E-state index contributed by atoms with van der Waals surface area (Å²) in [6, 6.07) is -3.25. The minimum Gasteiger partial charge on any atom is -0.481 e. The van der Waals surface area contributed by atoms with Crippen LogP contribution in [0, 0.1) is 11.8 Å². The van der Waals surface area contributed by atoms with Gasteiger partial charge in [-0.2, -0.15) is 0 Å². The van der Waals surface area contributed by atoms with Crippen molar-refractivity contribution in [3.05, 3.63) is 35.9 Å². The van der Waals surface area contributed by atoms with Crippen molar-refractivity contribution < 1.29 is 72.9 Å². The molecule has 1 aromatic carbocycles. The highest BCUT2D eigenvalue weighted by Gasteiger charge is 2.37. The van der Waals surface area contributed by atoms with Crippen molar-refractivity contribution in [1.29, 1.82) is 0 Å². The SMILES string of the molecule is CC(=O)O.CC[C@H](C)[C@H](NC(=O)[C@H](CCC(=O)O)NC(=O)[C@@H](NC(=O)[C@H](CCC(N)=O)NC(=O)[C@@H](N)CCCCN)[C@@H](C)CC)C(=O)N[C@@H](CCCCN)C(=O)N[C@@H](CCCCN)C(=O)N[C@@H](Cc1ccccc1)C(=O)N[C@@H](CCCCN)C(=O)O. The Hall–Kier alpha value is -7.34. The van der Waals surface area contributed by atoms with Gasteiger partial charge in [0.05, 0.1) is 6.04 Å². The molecule has 9 amide bonds. The molecule has 0 fully saturated rings. The number of aliphatic carboxylic acids is 3. The molecule has 0 aliphatic heterocycles. The van der Waals surface area contributed by atoms with Gasteiger partial charge in [-0.15, -0.1) is 0 Å². The summed E-state index contributed by atoms with van der Waals surface area (Å²) in [4.78, 5) is 157. The number of carboxylic acid groups (broad SMARTS) is 3. The molecule has 29 heteroatoms. The fourth-order valence-corrected chi connectivity index (χ4v) is 8.59. The van der Waals surface area contributed by atoms with Crippen molar-refractivity contribution in [3.8, 4) is 0 Å². The van der Waals surface area contributed by atoms with E-state index in [0.29, 0.717) is 82.9 Å². The summed E-state index contributed by atoms with van der Waals surface area (Å²) >= 11 is 0. The van der Waals surface area contributed by atoms with Gasteiger partial charge in [-0.25, -0.2) is 4.79 Å². The van der Waals surface area contributed by atoms with Crippen molar-refractivity contribution >= 4 is 71.1 Å². The zero-order chi connectivity index (χ0) is 65.3. The molecule has 0 aliphatic carbocycles. The highest BCUT2D eigenvalue weighted by atomic mass is 16.4. The third-order valence-corrected chi connectivity index (χ3v) is 14.1. The molecule has 0 bridgehead atoms. The predicted molar refractivity (Wildman–Crippen MR) is 320 cm³/mol. The third kappa shape index (κ3) is 33.4. The lowest BCUT2D eigenvalue weighted by Gasteiger charge is -2.30. The summed E-state index contributed by atoms with van der Waals surface area (Å²) in [7, 11) is 0. The maximum Gasteiger partial charge on any atom is 0.326 e. The van der Waals surface area contributed by atoms with E-state index in [1.54, 1.807) is 58.0 Å². The number of primary amides is 1. The van der Waals surface area contributed by atoms with E-state index >= 15 is 0 Å². The summed E-state index contributed by atoms with van der Waals surface area (Å²) < 4.78 is 0. The second kappa shape index (κ2) is 45.0. The lowest BCUT2D eigenvalue weighted by molar-refractivity contribution is -0.142. The Bertz CT molecular complexity index is 2280. The monoisotopic (exact) mass is 1220 g/mol. The molecule has 1 rings (SSSR count). The highest BCUT2D eigenvalue weighted by molar-refractivity contribution is 5.98. The Kier molecular flexibility index (Phi) is 41.2. The minimum atomic E-state index is -1.60. The first-order chi connectivity index (χ1) is 40.7. The van der Waals surface area contributed by atoms with E-state index in [1.807, 2.05) is 0 Å². The van der Waals surface area contributed by atoms with Crippen molar-refractivity contribution in [3.63, 3.8) is 0 Å². The van der Waals surface area contributed by atoms with Crippen LogP contribution in [0.5, 0.6) is 0 Å². The van der Waals surface area contributed by atoms with Crippen LogP contribution in [-0.2, 0) is 64.0 Å². The fraction of sp³-hybridized carbons (Fsp3) is 0.684. The van der Waals surface area contributed by atoms with Crippen LogP contribution < -0.4 is 76.9 Å². The first-order valence-corrected chi connectivity index (χ1v) is 29.7. The van der Waals surface area contributed by atoms with Gasteiger partial charge < -0.3 is 92.3 Å². The minimum absolute atomic E-state index is 0.0154. The Balaban J connectivity index is 0.0000175. The molecule has 11 atom stereocenters. The van der Waals surface area contributed by atoms with Crippen LogP contribution in [0.2, 0.25) is 0 Å². The van der Waals surface area contributed by atoms with Crippen molar-refractivity contribution in [2.24, 2.45) is 46.2 Å². The lowest BCUT2D eigenvalue weighted by atomic mass is 9.95. The molecule has 0 spiro atoms. The largest absolute Gasteiger partial charge is 0.481 e. The smallest absolute Gasteiger partial charge is 0.326 e. The Morgan fingerprint density at radius 3 is 1.14 bits per heavy atom. The Morgan fingerprint density at radius 1 is 0.430 bits per heavy atom. The van der Waals surface area contributed by atoms with Gasteiger partial charge >= 0.3 is 11.9 Å². The second-order valence-corrected chi connectivity index (χ2v) is 21.3. The maximum atomic E-state index is 14.5. The van der Waals surface area contributed by atoms with Crippen LogP contribution in [0.15, 0.2) is 30.3 Å². The molecule has 0 aromatic heterocycles. The molecule has 29 nitrogen and oxygen atoms in total. The average molecular weight is 1220 g/mol. The maximum absolute atomic E-state index is 14.5. The molecule has 0 saturated heterocycles. The van der Waals surface area contributed by atoms with Crippen LogP contribution in [-0.4, -0.2) is 167 Å². The number of carbonyl (C=O) groups is 12. The molecule has 0 radical (unpaired) electrons. The number of carbonyl (C=O) groups excluding carboxylic acids is 9. The molecule has 0 heterocycles.